The summed E-state index contributed by atoms with van der Waals surface area (Å²) >= 11 is 0. The van der Waals surface area contributed by atoms with Gasteiger partial charge in [0.1, 0.15) is 0 Å². The van der Waals surface area contributed by atoms with E-state index in [0.29, 0.717) is 23.3 Å². The van der Waals surface area contributed by atoms with Crippen molar-refractivity contribution in [2.24, 2.45) is 18.9 Å². The van der Waals surface area contributed by atoms with Crippen molar-refractivity contribution in [3.8, 4) is 0 Å². The Morgan fingerprint density at radius 2 is 1.80 bits per heavy atom. The van der Waals surface area contributed by atoms with Crippen LogP contribution in [0.3, 0.4) is 0 Å². The van der Waals surface area contributed by atoms with Crippen LogP contribution in [0.2, 0.25) is 0 Å². The predicted octanol–water partition coefficient (Wildman–Crippen LogP) is 3.41. The first kappa shape index (κ1) is 20.6. The van der Waals surface area contributed by atoms with Crippen molar-refractivity contribution in [1.82, 2.24) is 20.0 Å². The summed E-state index contributed by atoms with van der Waals surface area (Å²) in [6, 6.07) is 7.88. The van der Waals surface area contributed by atoms with Gasteiger partial charge in [-0.15, -0.1) is 0 Å². The van der Waals surface area contributed by atoms with Crippen molar-refractivity contribution in [3.63, 3.8) is 0 Å². The molecule has 4 rings (SSSR count). The SMILES string of the molecule is Cc1nn(C)cc1C(C)NC(=O)c1ccc(CC2CCN(C(=O)C3CC3)CC2)cc1. The third-order valence-electron chi connectivity index (χ3n) is 6.46. The molecule has 1 unspecified atom stereocenters. The summed E-state index contributed by atoms with van der Waals surface area (Å²) in [5, 5.41) is 7.42. The van der Waals surface area contributed by atoms with Crippen LogP contribution in [-0.2, 0) is 18.3 Å². The van der Waals surface area contributed by atoms with Gasteiger partial charge in [0.05, 0.1) is 11.7 Å². The molecule has 1 aromatic carbocycles. The van der Waals surface area contributed by atoms with Crippen molar-refractivity contribution >= 4 is 11.8 Å². The summed E-state index contributed by atoms with van der Waals surface area (Å²) in [5.74, 6) is 1.25. The van der Waals surface area contributed by atoms with E-state index in [-0.39, 0.29) is 11.9 Å². The number of carbonyl (C=O) groups excluding carboxylic acids is 2. The number of aromatic nitrogens is 2. The Bertz CT molecular complexity index is 906. The van der Waals surface area contributed by atoms with Crippen LogP contribution in [0, 0.1) is 18.8 Å². The second-order valence-corrected chi connectivity index (χ2v) is 8.98. The van der Waals surface area contributed by atoms with Gasteiger partial charge >= 0.3 is 0 Å². The van der Waals surface area contributed by atoms with Crippen molar-refractivity contribution in [2.45, 2.75) is 52.0 Å². The molecule has 1 aliphatic heterocycles. The molecule has 1 N–H and O–H groups in total. The molecule has 2 fully saturated rings. The molecule has 1 atom stereocenters. The summed E-state index contributed by atoms with van der Waals surface area (Å²) < 4.78 is 1.77. The lowest BCUT2D eigenvalue weighted by Crippen LogP contribution is -2.39. The lowest BCUT2D eigenvalue weighted by atomic mass is 9.89. The number of hydrogen-bond acceptors (Lipinski definition) is 3. The van der Waals surface area contributed by atoms with Crippen LogP contribution in [0.25, 0.3) is 0 Å². The molecule has 0 spiro atoms. The Morgan fingerprint density at radius 1 is 1.13 bits per heavy atom. The zero-order valence-corrected chi connectivity index (χ0v) is 18.2. The molecule has 0 radical (unpaired) electrons. The van der Waals surface area contributed by atoms with Crippen molar-refractivity contribution in [1.29, 1.82) is 0 Å². The van der Waals surface area contributed by atoms with Crippen molar-refractivity contribution < 1.29 is 9.59 Å². The highest BCUT2D eigenvalue weighted by atomic mass is 16.2. The number of likely N-dealkylation sites (tertiary alicyclic amines) is 1. The van der Waals surface area contributed by atoms with E-state index in [1.165, 1.54) is 5.56 Å². The smallest absolute Gasteiger partial charge is 0.251 e. The van der Waals surface area contributed by atoms with Gasteiger partial charge in [0.15, 0.2) is 0 Å². The minimum absolute atomic E-state index is 0.0656. The van der Waals surface area contributed by atoms with E-state index in [0.717, 1.165) is 56.5 Å². The van der Waals surface area contributed by atoms with E-state index < -0.39 is 0 Å². The van der Waals surface area contributed by atoms with Crippen LogP contribution < -0.4 is 5.32 Å². The highest BCUT2D eigenvalue weighted by molar-refractivity contribution is 5.94. The van der Waals surface area contributed by atoms with Crippen molar-refractivity contribution in [3.05, 3.63) is 52.8 Å². The first-order chi connectivity index (χ1) is 14.4. The molecule has 2 aliphatic rings. The summed E-state index contributed by atoms with van der Waals surface area (Å²) in [6.07, 6.45) is 7.27. The van der Waals surface area contributed by atoms with Gasteiger partial charge in [-0.25, -0.2) is 0 Å². The highest BCUT2D eigenvalue weighted by Crippen LogP contribution is 2.33. The van der Waals surface area contributed by atoms with Crippen LogP contribution >= 0.6 is 0 Å². The molecule has 1 aromatic heterocycles. The molecule has 160 valence electrons. The number of carbonyl (C=O) groups is 2. The number of benzene rings is 1. The quantitative estimate of drug-likeness (QED) is 0.796. The molecule has 2 heterocycles. The topological polar surface area (TPSA) is 67.2 Å². The Balaban J connectivity index is 1.28. The molecule has 6 heteroatoms. The monoisotopic (exact) mass is 408 g/mol. The van der Waals surface area contributed by atoms with E-state index in [4.69, 9.17) is 0 Å². The van der Waals surface area contributed by atoms with Gasteiger partial charge in [-0.05, 0) is 69.6 Å². The van der Waals surface area contributed by atoms with Gasteiger partial charge in [-0.1, -0.05) is 12.1 Å². The maximum Gasteiger partial charge on any atom is 0.251 e. The molecule has 30 heavy (non-hydrogen) atoms. The van der Waals surface area contributed by atoms with Gasteiger partial charge in [0, 0.05) is 43.4 Å². The number of piperidine rings is 1. The number of nitrogens with one attached hydrogen (secondary N) is 1. The molecular weight excluding hydrogens is 376 g/mol. The number of nitrogens with zero attached hydrogens (tertiary/aromatic N) is 3. The van der Waals surface area contributed by atoms with E-state index >= 15 is 0 Å². The van der Waals surface area contributed by atoms with Crippen LogP contribution in [-0.4, -0.2) is 39.6 Å². The molecule has 0 bridgehead atoms. The Kier molecular flexibility index (Phi) is 5.93. The Morgan fingerprint density at radius 3 is 2.37 bits per heavy atom. The number of hydrogen-bond donors (Lipinski definition) is 1. The molecule has 2 aromatic rings. The maximum absolute atomic E-state index is 12.6. The third-order valence-corrected chi connectivity index (χ3v) is 6.46. The number of amides is 2. The van der Waals surface area contributed by atoms with E-state index in [1.807, 2.05) is 39.2 Å². The standard InChI is InChI=1S/C24H32N4O2/c1-16(22-15-27(3)26-17(22)2)25-23(29)20-6-4-18(5-7-20)14-19-10-12-28(13-11-19)24(30)21-8-9-21/h4-7,15-16,19,21H,8-14H2,1-3H3,(H,25,29). The fraction of sp³-hybridized carbons (Fsp3) is 0.542. The van der Waals surface area contributed by atoms with Crippen LogP contribution in [0.1, 0.15) is 65.8 Å². The van der Waals surface area contributed by atoms with Crippen LogP contribution in [0.4, 0.5) is 0 Å². The summed E-state index contributed by atoms with van der Waals surface area (Å²) in [5.41, 5.74) is 3.91. The maximum atomic E-state index is 12.6. The highest BCUT2D eigenvalue weighted by Gasteiger charge is 2.34. The molecule has 6 nitrogen and oxygen atoms in total. The van der Waals surface area contributed by atoms with Gasteiger partial charge in [0.2, 0.25) is 5.91 Å². The van der Waals surface area contributed by atoms with Gasteiger partial charge in [-0.3, -0.25) is 14.3 Å². The van der Waals surface area contributed by atoms with E-state index in [2.05, 4.69) is 27.4 Å². The van der Waals surface area contributed by atoms with E-state index in [9.17, 15) is 9.59 Å². The second kappa shape index (κ2) is 8.62. The second-order valence-electron chi connectivity index (χ2n) is 8.98. The minimum atomic E-state index is -0.0885. The first-order valence-electron chi connectivity index (χ1n) is 11.1. The largest absolute Gasteiger partial charge is 0.345 e. The van der Waals surface area contributed by atoms with Gasteiger partial charge < -0.3 is 10.2 Å². The molecule has 2 amide bonds. The zero-order valence-electron chi connectivity index (χ0n) is 18.2. The Hall–Kier alpha value is -2.63. The molecule has 1 saturated heterocycles. The zero-order chi connectivity index (χ0) is 21.3. The summed E-state index contributed by atoms with van der Waals surface area (Å²) in [4.78, 5) is 26.9. The van der Waals surface area contributed by atoms with Gasteiger partial charge in [0.25, 0.3) is 5.91 Å². The average molecular weight is 409 g/mol. The fourth-order valence-corrected chi connectivity index (χ4v) is 4.47. The molecule has 1 saturated carbocycles. The molecule has 1 aliphatic carbocycles. The first-order valence-corrected chi connectivity index (χ1v) is 11.1. The van der Waals surface area contributed by atoms with Crippen LogP contribution in [0.5, 0.6) is 0 Å². The lowest BCUT2D eigenvalue weighted by molar-refractivity contribution is -0.133. The fourth-order valence-electron chi connectivity index (χ4n) is 4.47. The summed E-state index contributed by atoms with van der Waals surface area (Å²) in [7, 11) is 1.89. The normalized spacial score (nSPS) is 18.3. The average Bonchev–Trinajstić information content (AvgIpc) is 3.52. The third kappa shape index (κ3) is 4.74. The minimum Gasteiger partial charge on any atom is -0.345 e. The van der Waals surface area contributed by atoms with E-state index in [1.54, 1.807) is 4.68 Å². The number of aryl methyl sites for hydroxylation is 2. The summed E-state index contributed by atoms with van der Waals surface area (Å²) in [6.45, 7) is 5.73. The van der Waals surface area contributed by atoms with Crippen molar-refractivity contribution in [2.75, 3.05) is 13.1 Å². The molecular formula is C24H32N4O2. The van der Waals surface area contributed by atoms with Crippen LogP contribution in [0.15, 0.2) is 30.5 Å². The van der Waals surface area contributed by atoms with Gasteiger partial charge in [-0.2, -0.15) is 5.10 Å². The Labute approximate surface area is 178 Å². The number of rotatable bonds is 6. The lowest BCUT2D eigenvalue weighted by Gasteiger charge is -2.32. The predicted molar refractivity (Wildman–Crippen MR) is 116 cm³/mol.